The molecule has 1 aromatic rings. The summed E-state index contributed by atoms with van der Waals surface area (Å²) in [5.41, 5.74) is 6.98. The van der Waals surface area contributed by atoms with Gasteiger partial charge in [-0.3, -0.25) is 4.79 Å². The zero-order valence-electron chi connectivity index (χ0n) is 10.2. The highest BCUT2D eigenvalue weighted by Gasteiger charge is 2.16. The summed E-state index contributed by atoms with van der Waals surface area (Å²) in [6, 6.07) is 1.08. The molecule has 0 radical (unpaired) electrons. The van der Waals surface area contributed by atoms with E-state index in [1.54, 1.807) is 24.8 Å². The largest absolute Gasteiger partial charge is 0.322 e. The molecular formula is C11H15Cl2N3OS. The molecule has 1 amide bonds. The molecule has 0 unspecified atom stereocenters. The molecule has 7 heteroatoms. The van der Waals surface area contributed by atoms with E-state index >= 15 is 0 Å². The fourth-order valence-corrected chi connectivity index (χ4v) is 2.41. The fourth-order valence-electron chi connectivity index (χ4n) is 1.34. The summed E-state index contributed by atoms with van der Waals surface area (Å²) in [6.45, 7) is 1.79. The Morgan fingerprint density at radius 2 is 2.28 bits per heavy atom. The van der Waals surface area contributed by atoms with Gasteiger partial charge in [-0.15, -0.1) is 0 Å². The minimum absolute atomic E-state index is 0.172. The molecule has 100 valence electrons. The van der Waals surface area contributed by atoms with E-state index in [2.05, 4.69) is 10.3 Å². The van der Waals surface area contributed by atoms with Crippen LogP contribution in [0.4, 0.5) is 5.69 Å². The highest BCUT2D eigenvalue weighted by atomic mass is 35.5. The van der Waals surface area contributed by atoms with Crippen molar-refractivity contribution in [3.63, 3.8) is 0 Å². The van der Waals surface area contributed by atoms with E-state index in [1.807, 2.05) is 6.26 Å². The number of nitrogens with one attached hydrogen (secondary N) is 1. The van der Waals surface area contributed by atoms with Gasteiger partial charge >= 0.3 is 0 Å². The Morgan fingerprint density at radius 1 is 1.61 bits per heavy atom. The maximum absolute atomic E-state index is 11.8. The number of aryl methyl sites for hydroxylation is 1. The molecule has 0 aliphatic rings. The van der Waals surface area contributed by atoms with Gasteiger partial charge in [0.1, 0.15) is 5.15 Å². The van der Waals surface area contributed by atoms with E-state index in [9.17, 15) is 4.79 Å². The van der Waals surface area contributed by atoms with Gasteiger partial charge < -0.3 is 11.1 Å². The predicted molar refractivity (Wildman–Crippen MR) is 78.6 cm³/mol. The van der Waals surface area contributed by atoms with Gasteiger partial charge in [-0.05, 0) is 37.0 Å². The van der Waals surface area contributed by atoms with Crippen LogP contribution in [0.1, 0.15) is 12.0 Å². The van der Waals surface area contributed by atoms with Crippen LogP contribution in [-0.2, 0) is 4.79 Å². The second-order valence-corrected chi connectivity index (χ2v) is 5.54. The third-order valence-corrected chi connectivity index (χ3v) is 3.47. The lowest BCUT2D eigenvalue weighted by Crippen LogP contribution is -2.36. The van der Waals surface area contributed by atoms with Gasteiger partial charge in [0.05, 0.1) is 11.7 Å². The SMILES string of the molecule is CSCC[C@@H](N)C(=O)Nc1c(C)cc(Cl)nc1Cl. The van der Waals surface area contributed by atoms with E-state index in [0.717, 1.165) is 11.3 Å². The first kappa shape index (κ1) is 15.6. The number of rotatable bonds is 5. The Hall–Kier alpha value is -0.490. The Bertz CT molecular complexity index is 419. The molecule has 3 N–H and O–H groups in total. The highest BCUT2D eigenvalue weighted by Crippen LogP contribution is 2.26. The van der Waals surface area contributed by atoms with Gasteiger partial charge in [-0.25, -0.2) is 4.98 Å². The number of amides is 1. The first-order chi connectivity index (χ1) is 8.45. The monoisotopic (exact) mass is 307 g/mol. The first-order valence-electron chi connectivity index (χ1n) is 5.33. The van der Waals surface area contributed by atoms with Crippen molar-refractivity contribution in [3.8, 4) is 0 Å². The second-order valence-electron chi connectivity index (χ2n) is 3.80. The van der Waals surface area contributed by atoms with E-state index < -0.39 is 6.04 Å². The highest BCUT2D eigenvalue weighted by molar-refractivity contribution is 7.98. The lowest BCUT2D eigenvalue weighted by atomic mass is 10.2. The molecule has 1 atom stereocenters. The van der Waals surface area contributed by atoms with Crippen LogP contribution in [0.5, 0.6) is 0 Å². The topological polar surface area (TPSA) is 68.0 Å². The van der Waals surface area contributed by atoms with Gasteiger partial charge in [0.2, 0.25) is 5.91 Å². The van der Waals surface area contributed by atoms with Crippen LogP contribution in [-0.4, -0.2) is 28.9 Å². The number of aromatic nitrogens is 1. The summed E-state index contributed by atoms with van der Waals surface area (Å²) >= 11 is 13.3. The van der Waals surface area contributed by atoms with Gasteiger partial charge in [-0.2, -0.15) is 11.8 Å². The van der Waals surface area contributed by atoms with Crippen molar-refractivity contribution >= 4 is 46.6 Å². The van der Waals surface area contributed by atoms with Crippen molar-refractivity contribution in [2.24, 2.45) is 5.73 Å². The predicted octanol–water partition coefficient (Wildman–Crippen LogP) is 2.72. The lowest BCUT2D eigenvalue weighted by Gasteiger charge is -2.14. The summed E-state index contributed by atoms with van der Waals surface area (Å²) < 4.78 is 0. The van der Waals surface area contributed by atoms with Gasteiger partial charge in [0.25, 0.3) is 0 Å². The molecular weight excluding hydrogens is 293 g/mol. The third kappa shape index (κ3) is 4.31. The molecule has 0 saturated heterocycles. The number of hydrogen-bond acceptors (Lipinski definition) is 4. The van der Waals surface area contributed by atoms with Crippen LogP contribution in [0, 0.1) is 6.92 Å². The maximum Gasteiger partial charge on any atom is 0.241 e. The molecule has 0 fully saturated rings. The molecule has 1 heterocycles. The van der Waals surface area contributed by atoms with E-state index in [-0.39, 0.29) is 11.1 Å². The normalized spacial score (nSPS) is 12.3. The zero-order valence-corrected chi connectivity index (χ0v) is 12.5. The Morgan fingerprint density at radius 3 is 2.83 bits per heavy atom. The molecule has 1 rings (SSSR count). The summed E-state index contributed by atoms with van der Waals surface area (Å²) in [7, 11) is 0. The number of thioether (sulfide) groups is 1. The summed E-state index contributed by atoms with van der Waals surface area (Å²) in [5, 5.41) is 3.15. The Kier molecular flexibility index (Phi) is 6.21. The van der Waals surface area contributed by atoms with Crippen LogP contribution in [0.2, 0.25) is 10.3 Å². The van der Waals surface area contributed by atoms with Crippen LogP contribution in [0.3, 0.4) is 0 Å². The molecule has 0 saturated carbocycles. The standard InChI is InChI=1S/C11H15Cl2N3OS/c1-6-5-8(12)15-10(13)9(6)16-11(17)7(14)3-4-18-2/h5,7H,3-4,14H2,1-2H3,(H,16,17)/t7-/m1/s1. The molecule has 1 aromatic heterocycles. The van der Waals surface area contributed by atoms with Crippen LogP contribution in [0.25, 0.3) is 0 Å². The molecule has 0 aliphatic heterocycles. The summed E-state index contributed by atoms with van der Waals surface area (Å²) in [6.07, 6.45) is 2.58. The third-order valence-electron chi connectivity index (χ3n) is 2.36. The number of carbonyl (C=O) groups is 1. The van der Waals surface area contributed by atoms with E-state index in [1.165, 1.54) is 0 Å². The first-order valence-corrected chi connectivity index (χ1v) is 7.48. The fraction of sp³-hybridized carbons (Fsp3) is 0.455. The summed E-state index contributed by atoms with van der Waals surface area (Å²) in [4.78, 5) is 15.7. The second kappa shape index (κ2) is 7.19. The minimum Gasteiger partial charge on any atom is -0.322 e. The van der Waals surface area contributed by atoms with Crippen molar-refractivity contribution in [2.75, 3.05) is 17.3 Å². The van der Waals surface area contributed by atoms with E-state index in [4.69, 9.17) is 28.9 Å². The van der Waals surface area contributed by atoms with Crippen molar-refractivity contribution in [1.29, 1.82) is 0 Å². The number of nitrogens with zero attached hydrogens (tertiary/aromatic N) is 1. The average molecular weight is 308 g/mol. The number of hydrogen-bond donors (Lipinski definition) is 2. The van der Waals surface area contributed by atoms with Crippen molar-refractivity contribution < 1.29 is 4.79 Å². The average Bonchev–Trinajstić information content (AvgIpc) is 2.30. The molecule has 0 aromatic carbocycles. The lowest BCUT2D eigenvalue weighted by molar-refractivity contribution is -0.117. The minimum atomic E-state index is -0.552. The number of pyridine rings is 1. The molecule has 0 spiro atoms. The molecule has 0 aliphatic carbocycles. The number of halogens is 2. The quantitative estimate of drug-likeness (QED) is 0.821. The maximum atomic E-state index is 11.8. The zero-order chi connectivity index (χ0) is 13.7. The smallest absolute Gasteiger partial charge is 0.241 e. The van der Waals surface area contributed by atoms with Crippen LogP contribution >= 0.6 is 35.0 Å². The van der Waals surface area contributed by atoms with Gasteiger partial charge in [0, 0.05) is 0 Å². The number of carbonyl (C=O) groups excluding carboxylic acids is 1. The molecule has 4 nitrogen and oxygen atoms in total. The van der Waals surface area contributed by atoms with Gasteiger partial charge in [-0.1, -0.05) is 23.2 Å². The van der Waals surface area contributed by atoms with Crippen molar-refractivity contribution in [1.82, 2.24) is 4.98 Å². The van der Waals surface area contributed by atoms with Crippen LogP contribution in [0.15, 0.2) is 6.07 Å². The van der Waals surface area contributed by atoms with Crippen molar-refractivity contribution in [2.45, 2.75) is 19.4 Å². The molecule has 18 heavy (non-hydrogen) atoms. The Labute approximate surface area is 121 Å². The van der Waals surface area contributed by atoms with Gasteiger partial charge in [0.15, 0.2) is 5.15 Å². The van der Waals surface area contributed by atoms with Crippen molar-refractivity contribution in [3.05, 3.63) is 21.9 Å². The van der Waals surface area contributed by atoms with E-state index in [0.29, 0.717) is 17.3 Å². The number of anilines is 1. The Balaban J connectivity index is 2.76. The summed E-state index contributed by atoms with van der Waals surface area (Å²) in [5.74, 6) is 0.568. The van der Waals surface area contributed by atoms with Crippen LogP contribution < -0.4 is 11.1 Å². The number of nitrogens with two attached hydrogens (primary N) is 1. The molecule has 0 bridgehead atoms.